The molecule has 0 aromatic carbocycles. The van der Waals surface area contributed by atoms with Crippen LogP contribution in [-0.4, -0.2) is 35.5 Å². The number of alkyl halides is 2. The Bertz CT molecular complexity index is 270. The van der Waals surface area contributed by atoms with Crippen molar-refractivity contribution in [1.29, 1.82) is 0 Å². The van der Waals surface area contributed by atoms with Crippen molar-refractivity contribution in [2.24, 2.45) is 0 Å². The molecule has 1 heterocycles. The van der Waals surface area contributed by atoms with E-state index < -0.39 is 13.0 Å². The van der Waals surface area contributed by atoms with Crippen LogP contribution >= 0.6 is 11.5 Å². The van der Waals surface area contributed by atoms with Gasteiger partial charge in [0.2, 0.25) is 11.1 Å². The van der Waals surface area contributed by atoms with Gasteiger partial charge in [-0.2, -0.15) is 9.36 Å². The van der Waals surface area contributed by atoms with Crippen molar-refractivity contribution in [2.45, 2.75) is 6.43 Å². The van der Waals surface area contributed by atoms with Crippen LogP contribution < -0.4 is 11.1 Å². The van der Waals surface area contributed by atoms with Gasteiger partial charge in [0.25, 0.3) is 6.43 Å². The zero-order chi connectivity index (χ0) is 10.4. The van der Waals surface area contributed by atoms with Crippen molar-refractivity contribution in [3.63, 3.8) is 0 Å². The predicted octanol–water partition coefficient (Wildman–Crippen LogP) is 0.814. The number of anilines is 2. The van der Waals surface area contributed by atoms with Crippen molar-refractivity contribution in [2.75, 3.05) is 30.8 Å². The summed E-state index contributed by atoms with van der Waals surface area (Å²) in [7, 11) is 0. The molecule has 0 radical (unpaired) electrons. The molecule has 1 aromatic heterocycles. The van der Waals surface area contributed by atoms with E-state index in [1.165, 1.54) is 0 Å². The van der Waals surface area contributed by atoms with Crippen molar-refractivity contribution in [1.82, 2.24) is 9.36 Å². The average molecular weight is 224 g/mol. The van der Waals surface area contributed by atoms with E-state index in [1.807, 2.05) is 0 Å². The SMILES string of the molecule is Nc1nsc(NCCOCC(F)F)n1. The van der Waals surface area contributed by atoms with Gasteiger partial charge in [-0.1, -0.05) is 0 Å². The van der Waals surface area contributed by atoms with Gasteiger partial charge in [0.15, 0.2) is 0 Å². The molecule has 3 N–H and O–H groups in total. The molecule has 14 heavy (non-hydrogen) atoms. The number of rotatable bonds is 6. The summed E-state index contributed by atoms with van der Waals surface area (Å²) in [4.78, 5) is 3.81. The normalized spacial score (nSPS) is 10.8. The van der Waals surface area contributed by atoms with Crippen molar-refractivity contribution >= 4 is 22.6 Å². The quantitative estimate of drug-likeness (QED) is 0.700. The third-order valence-electron chi connectivity index (χ3n) is 1.21. The summed E-state index contributed by atoms with van der Waals surface area (Å²) in [5.41, 5.74) is 5.27. The molecule has 0 aliphatic heterocycles. The van der Waals surface area contributed by atoms with Crippen molar-refractivity contribution in [3.8, 4) is 0 Å². The van der Waals surface area contributed by atoms with E-state index in [2.05, 4.69) is 19.4 Å². The maximum atomic E-state index is 11.6. The van der Waals surface area contributed by atoms with Gasteiger partial charge in [0.1, 0.15) is 6.61 Å². The Morgan fingerprint density at radius 1 is 1.57 bits per heavy atom. The molecule has 1 rings (SSSR count). The number of halogens is 2. The van der Waals surface area contributed by atoms with Crippen molar-refractivity contribution < 1.29 is 13.5 Å². The summed E-state index contributed by atoms with van der Waals surface area (Å²) in [6.07, 6.45) is -2.42. The highest BCUT2D eigenvalue weighted by Crippen LogP contribution is 2.10. The number of nitrogens with two attached hydrogens (primary N) is 1. The maximum absolute atomic E-state index is 11.6. The maximum Gasteiger partial charge on any atom is 0.261 e. The largest absolute Gasteiger partial charge is 0.374 e. The summed E-state index contributed by atoms with van der Waals surface area (Å²) in [6, 6.07) is 0. The zero-order valence-electron chi connectivity index (χ0n) is 7.24. The highest BCUT2D eigenvalue weighted by atomic mass is 32.1. The molecular formula is C6H10F2N4OS. The first-order valence-corrected chi connectivity index (χ1v) is 4.65. The fourth-order valence-corrected chi connectivity index (χ4v) is 1.23. The first-order valence-electron chi connectivity index (χ1n) is 3.87. The molecule has 8 heteroatoms. The molecule has 0 aliphatic rings. The second-order valence-corrected chi connectivity index (χ2v) is 3.10. The first-order chi connectivity index (χ1) is 6.68. The van der Waals surface area contributed by atoms with Crippen LogP contribution in [0.3, 0.4) is 0 Å². The van der Waals surface area contributed by atoms with Gasteiger partial charge in [0.05, 0.1) is 6.61 Å². The van der Waals surface area contributed by atoms with Crippen LogP contribution in [0.1, 0.15) is 0 Å². The number of hydrogen-bond donors (Lipinski definition) is 2. The molecule has 0 saturated heterocycles. The predicted molar refractivity (Wildman–Crippen MR) is 49.6 cm³/mol. The van der Waals surface area contributed by atoms with Gasteiger partial charge in [-0.3, -0.25) is 0 Å². The molecule has 80 valence electrons. The third kappa shape index (κ3) is 4.28. The topological polar surface area (TPSA) is 73.1 Å². The van der Waals surface area contributed by atoms with Crippen LogP contribution in [0.2, 0.25) is 0 Å². The lowest BCUT2D eigenvalue weighted by Gasteiger charge is -2.03. The summed E-state index contributed by atoms with van der Waals surface area (Å²) in [6.45, 7) is 0.0606. The fraction of sp³-hybridized carbons (Fsp3) is 0.667. The Kier molecular flexibility index (Phi) is 4.47. The summed E-state index contributed by atoms with van der Waals surface area (Å²) >= 11 is 1.11. The Morgan fingerprint density at radius 3 is 2.93 bits per heavy atom. The van der Waals surface area contributed by atoms with Gasteiger partial charge in [-0.25, -0.2) is 8.78 Å². The number of nitrogens with one attached hydrogen (secondary N) is 1. The van der Waals surface area contributed by atoms with Crippen LogP contribution in [0.25, 0.3) is 0 Å². The molecule has 0 bridgehead atoms. The zero-order valence-corrected chi connectivity index (χ0v) is 8.06. The fourth-order valence-electron chi connectivity index (χ4n) is 0.709. The summed E-state index contributed by atoms with van der Waals surface area (Å²) < 4.78 is 31.6. The van der Waals surface area contributed by atoms with Crippen LogP contribution in [0.4, 0.5) is 19.9 Å². The lowest BCUT2D eigenvalue weighted by Crippen LogP contribution is -2.12. The summed E-state index contributed by atoms with van der Waals surface area (Å²) in [5.74, 6) is 0.200. The average Bonchev–Trinajstić information content (AvgIpc) is 2.50. The van der Waals surface area contributed by atoms with Gasteiger partial charge in [-0.05, 0) is 0 Å². The number of nitrogen functional groups attached to an aromatic ring is 1. The van der Waals surface area contributed by atoms with E-state index >= 15 is 0 Å². The highest BCUT2D eigenvalue weighted by molar-refractivity contribution is 7.09. The monoisotopic (exact) mass is 224 g/mol. The Morgan fingerprint density at radius 2 is 2.36 bits per heavy atom. The Hall–Kier alpha value is -1.02. The highest BCUT2D eigenvalue weighted by Gasteiger charge is 2.02. The van der Waals surface area contributed by atoms with Crippen molar-refractivity contribution in [3.05, 3.63) is 0 Å². The van der Waals surface area contributed by atoms with E-state index in [0.29, 0.717) is 11.7 Å². The third-order valence-corrected chi connectivity index (χ3v) is 1.90. The molecule has 0 saturated carbocycles. The minimum Gasteiger partial charge on any atom is -0.374 e. The standard InChI is InChI=1S/C6H10F2N4OS/c7-4(8)3-13-2-1-10-6-11-5(9)12-14-6/h4H,1-3H2,(H3,9,10,11,12). The number of nitrogens with zero attached hydrogens (tertiary/aromatic N) is 2. The smallest absolute Gasteiger partial charge is 0.261 e. The second kappa shape index (κ2) is 5.66. The van der Waals surface area contributed by atoms with E-state index in [-0.39, 0.29) is 12.6 Å². The molecule has 0 aliphatic carbocycles. The van der Waals surface area contributed by atoms with Gasteiger partial charge in [-0.15, -0.1) is 0 Å². The second-order valence-electron chi connectivity index (χ2n) is 2.35. The Labute approximate surface area is 83.4 Å². The van der Waals surface area contributed by atoms with Gasteiger partial charge >= 0.3 is 0 Å². The van der Waals surface area contributed by atoms with E-state index in [9.17, 15) is 8.78 Å². The van der Waals surface area contributed by atoms with Gasteiger partial charge < -0.3 is 15.8 Å². The molecule has 0 amide bonds. The molecular weight excluding hydrogens is 214 g/mol. The Balaban J connectivity index is 2.04. The number of hydrogen-bond acceptors (Lipinski definition) is 6. The molecule has 1 aromatic rings. The van der Waals surface area contributed by atoms with E-state index in [1.54, 1.807) is 0 Å². The lowest BCUT2D eigenvalue weighted by atomic mass is 10.6. The lowest BCUT2D eigenvalue weighted by molar-refractivity contribution is 0.0215. The van der Waals surface area contributed by atoms with Crippen LogP contribution in [0.15, 0.2) is 0 Å². The number of ether oxygens (including phenoxy) is 1. The first kappa shape index (κ1) is 11.1. The molecule has 0 atom stereocenters. The number of aromatic nitrogens is 2. The molecule has 0 spiro atoms. The van der Waals surface area contributed by atoms with Crippen LogP contribution in [-0.2, 0) is 4.74 Å². The van der Waals surface area contributed by atoms with Crippen LogP contribution in [0.5, 0.6) is 0 Å². The minimum absolute atomic E-state index is 0.198. The van der Waals surface area contributed by atoms with E-state index in [4.69, 9.17) is 5.73 Å². The van der Waals surface area contributed by atoms with Crippen LogP contribution in [0, 0.1) is 0 Å². The van der Waals surface area contributed by atoms with Gasteiger partial charge in [0, 0.05) is 18.1 Å². The minimum atomic E-state index is -2.42. The van der Waals surface area contributed by atoms with E-state index in [0.717, 1.165) is 11.5 Å². The molecule has 5 nitrogen and oxygen atoms in total. The molecule has 0 fully saturated rings. The molecule has 0 unspecified atom stereocenters. The summed E-state index contributed by atoms with van der Waals surface area (Å²) in [5, 5.41) is 3.39.